The van der Waals surface area contributed by atoms with Crippen LogP contribution in [0.3, 0.4) is 0 Å². The molecule has 0 bridgehead atoms. The Morgan fingerprint density at radius 1 is 1.43 bits per heavy atom. The van der Waals surface area contributed by atoms with Crippen molar-refractivity contribution in [2.45, 2.75) is 19.0 Å². The number of carboxylic acids is 1. The van der Waals surface area contributed by atoms with Crippen LogP contribution in [0, 0.1) is 0 Å². The zero-order chi connectivity index (χ0) is 15.2. The number of aliphatic carboxylic acids is 1. The fourth-order valence-corrected chi connectivity index (χ4v) is 3.71. The van der Waals surface area contributed by atoms with Crippen molar-refractivity contribution in [3.05, 3.63) is 23.8 Å². The third-order valence-electron chi connectivity index (χ3n) is 3.62. The molecule has 116 valence electrons. The number of benzene rings is 1. The van der Waals surface area contributed by atoms with Crippen molar-refractivity contribution in [3.8, 4) is 11.5 Å². The number of nitrogens with zero attached hydrogens (tertiary/aromatic N) is 1. The molecule has 1 aliphatic heterocycles. The molecule has 0 radical (unpaired) electrons. The second kappa shape index (κ2) is 7.56. The number of carbonyl (C=O) groups is 1. The Bertz CT molecular complexity index is 495. The molecule has 5 nitrogen and oxygen atoms in total. The molecule has 0 amide bonds. The van der Waals surface area contributed by atoms with E-state index in [0.717, 1.165) is 29.4 Å². The lowest BCUT2D eigenvalue weighted by Gasteiger charge is -2.34. The predicted octanol–water partition coefficient (Wildman–Crippen LogP) is 2.10. The number of carboxylic acid groups (broad SMARTS) is 1. The van der Waals surface area contributed by atoms with E-state index < -0.39 is 5.97 Å². The summed E-state index contributed by atoms with van der Waals surface area (Å²) in [7, 11) is 3.24. The molecule has 1 aromatic rings. The van der Waals surface area contributed by atoms with Gasteiger partial charge in [-0.05, 0) is 6.07 Å². The van der Waals surface area contributed by atoms with Crippen LogP contribution in [0.4, 0.5) is 0 Å². The van der Waals surface area contributed by atoms with Crippen LogP contribution in [-0.4, -0.2) is 54.3 Å². The SMILES string of the molecule is COc1cccc(CN2CCSCC2CC(=O)O)c1OC. The van der Waals surface area contributed by atoms with Crippen molar-refractivity contribution >= 4 is 17.7 Å². The second-order valence-electron chi connectivity index (χ2n) is 4.95. The van der Waals surface area contributed by atoms with Crippen molar-refractivity contribution in [1.29, 1.82) is 0 Å². The molecule has 1 atom stereocenters. The molecule has 6 heteroatoms. The van der Waals surface area contributed by atoms with Gasteiger partial charge in [-0.25, -0.2) is 0 Å². The third kappa shape index (κ3) is 4.04. The summed E-state index contributed by atoms with van der Waals surface area (Å²) in [5, 5.41) is 9.05. The van der Waals surface area contributed by atoms with Gasteiger partial charge in [-0.15, -0.1) is 0 Å². The van der Waals surface area contributed by atoms with E-state index in [0.29, 0.717) is 12.3 Å². The molecule has 0 spiro atoms. The highest BCUT2D eigenvalue weighted by atomic mass is 32.2. The van der Waals surface area contributed by atoms with Gasteiger partial charge in [-0.2, -0.15) is 11.8 Å². The summed E-state index contributed by atoms with van der Waals surface area (Å²) in [5.74, 6) is 2.58. The zero-order valence-corrected chi connectivity index (χ0v) is 13.2. The lowest BCUT2D eigenvalue weighted by Crippen LogP contribution is -2.43. The fourth-order valence-electron chi connectivity index (χ4n) is 2.58. The van der Waals surface area contributed by atoms with E-state index in [1.54, 1.807) is 14.2 Å². The summed E-state index contributed by atoms with van der Waals surface area (Å²) in [4.78, 5) is 13.2. The van der Waals surface area contributed by atoms with E-state index >= 15 is 0 Å². The van der Waals surface area contributed by atoms with Gasteiger partial charge >= 0.3 is 5.97 Å². The van der Waals surface area contributed by atoms with Crippen LogP contribution in [0.5, 0.6) is 11.5 Å². The Morgan fingerprint density at radius 2 is 2.24 bits per heavy atom. The van der Waals surface area contributed by atoms with Crippen molar-refractivity contribution in [3.63, 3.8) is 0 Å². The number of hydrogen-bond donors (Lipinski definition) is 1. The van der Waals surface area contributed by atoms with Gasteiger partial charge < -0.3 is 14.6 Å². The average Bonchev–Trinajstić information content (AvgIpc) is 2.48. The van der Waals surface area contributed by atoms with Crippen molar-refractivity contribution in [2.75, 3.05) is 32.3 Å². The third-order valence-corrected chi connectivity index (χ3v) is 4.71. The highest BCUT2D eigenvalue weighted by molar-refractivity contribution is 7.99. The Labute approximate surface area is 129 Å². The maximum Gasteiger partial charge on any atom is 0.304 e. The van der Waals surface area contributed by atoms with Gasteiger partial charge in [-0.3, -0.25) is 9.69 Å². The van der Waals surface area contributed by atoms with Crippen molar-refractivity contribution < 1.29 is 19.4 Å². The molecule has 1 unspecified atom stereocenters. The zero-order valence-electron chi connectivity index (χ0n) is 12.4. The maximum atomic E-state index is 11.0. The molecule has 0 saturated carbocycles. The summed E-state index contributed by atoms with van der Waals surface area (Å²) in [5.41, 5.74) is 1.03. The number of rotatable bonds is 6. The van der Waals surface area contributed by atoms with Crippen molar-refractivity contribution in [2.24, 2.45) is 0 Å². The van der Waals surface area contributed by atoms with Gasteiger partial charge in [0.15, 0.2) is 11.5 Å². The smallest absolute Gasteiger partial charge is 0.304 e. The van der Waals surface area contributed by atoms with Crippen LogP contribution < -0.4 is 9.47 Å². The first-order valence-corrected chi connectivity index (χ1v) is 8.04. The molecule has 0 aliphatic carbocycles. The molecule has 1 fully saturated rings. The van der Waals surface area contributed by atoms with Gasteiger partial charge in [-0.1, -0.05) is 12.1 Å². The van der Waals surface area contributed by atoms with Crippen LogP contribution in [0.15, 0.2) is 18.2 Å². The van der Waals surface area contributed by atoms with Gasteiger partial charge in [0.25, 0.3) is 0 Å². The molecular formula is C15H21NO4S. The van der Waals surface area contributed by atoms with E-state index in [1.807, 2.05) is 30.0 Å². The summed E-state index contributed by atoms with van der Waals surface area (Å²) < 4.78 is 10.8. The summed E-state index contributed by atoms with van der Waals surface area (Å²) in [6.07, 6.45) is 0.180. The second-order valence-corrected chi connectivity index (χ2v) is 6.10. The molecule has 1 N–H and O–H groups in total. The van der Waals surface area contributed by atoms with E-state index in [9.17, 15) is 4.79 Å². The first-order valence-electron chi connectivity index (χ1n) is 6.89. The average molecular weight is 311 g/mol. The monoisotopic (exact) mass is 311 g/mol. The van der Waals surface area contributed by atoms with Crippen LogP contribution >= 0.6 is 11.8 Å². The number of thioether (sulfide) groups is 1. The molecule has 1 heterocycles. The normalized spacial score (nSPS) is 19.2. The molecule has 0 aromatic heterocycles. The number of methoxy groups -OCH3 is 2. The first-order chi connectivity index (χ1) is 10.2. The molecule has 2 rings (SSSR count). The molecule has 1 aliphatic rings. The lowest BCUT2D eigenvalue weighted by atomic mass is 10.1. The highest BCUT2D eigenvalue weighted by Gasteiger charge is 2.26. The number of ether oxygens (including phenoxy) is 2. The highest BCUT2D eigenvalue weighted by Crippen LogP contribution is 2.32. The number of para-hydroxylation sites is 1. The predicted molar refractivity (Wildman–Crippen MR) is 83.3 cm³/mol. The summed E-state index contributed by atoms with van der Waals surface area (Å²) in [6, 6.07) is 5.86. The van der Waals surface area contributed by atoms with E-state index in [2.05, 4.69) is 4.90 Å². The minimum atomic E-state index is -0.745. The summed E-state index contributed by atoms with van der Waals surface area (Å²) >= 11 is 1.82. The topological polar surface area (TPSA) is 59.0 Å². The van der Waals surface area contributed by atoms with Gasteiger partial charge in [0.2, 0.25) is 0 Å². The lowest BCUT2D eigenvalue weighted by molar-refractivity contribution is -0.138. The van der Waals surface area contributed by atoms with Crippen LogP contribution in [0.1, 0.15) is 12.0 Å². The molecule has 1 saturated heterocycles. The first kappa shape index (κ1) is 16.0. The van der Waals surface area contributed by atoms with Crippen LogP contribution in [0.25, 0.3) is 0 Å². The molecule has 1 aromatic carbocycles. The van der Waals surface area contributed by atoms with Crippen molar-refractivity contribution in [1.82, 2.24) is 4.90 Å². The van der Waals surface area contributed by atoms with Gasteiger partial charge in [0.05, 0.1) is 20.6 Å². The number of hydrogen-bond acceptors (Lipinski definition) is 5. The Balaban J connectivity index is 2.17. The Morgan fingerprint density at radius 3 is 2.90 bits per heavy atom. The van der Waals surface area contributed by atoms with Gasteiger partial charge in [0, 0.05) is 36.2 Å². The van der Waals surface area contributed by atoms with Crippen LogP contribution in [-0.2, 0) is 11.3 Å². The maximum absolute atomic E-state index is 11.0. The Kier molecular flexibility index (Phi) is 5.76. The van der Waals surface area contributed by atoms with E-state index in [4.69, 9.17) is 14.6 Å². The summed E-state index contributed by atoms with van der Waals surface area (Å²) in [6.45, 7) is 1.57. The van der Waals surface area contributed by atoms with E-state index in [1.165, 1.54) is 0 Å². The fraction of sp³-hybridized carbons (Fsp3) is 0.533. The Hall–Kier alpha value is -1.40. The minimum absolute atomic E-state index is 0.0668. The largest absolute Gasteiger partial charge is 0.493 e. The minimum Gasteiger partial charge on any atom is -0.493 e. The quantitative estimate of drug-likeness (QED) is 0.868. The molecule has 21 heavy (non-hydrogen) atoms. The van der Waals surface area contributed by atoms with Crippen LogP contribution in [0.2, 0.25) is 0 Å². The molecular weight excluding hydrogens is 290 g/mol. The van der Waals surface area contributed by atoms with E-state index in [-0.39, 0.29) is 12.5 Å². The van der Waals surface area contributed by atoms with Gasteiger partial charge in [0.1, 0.15) is 0 Å². The standard InChI is InChI=1S/C15H21NO4S/c1-19-13-5-3-4-11(15(13)20-2)9-16-6-7-21-10-12(16)8-14(17)18/h3-5,12H,6-10H2,1-2H3,(H,17,18).